The highest BCUT2D eigenvalue weighted by Gasteiger charge is 2.63. The highest BCUT2D eigenvalue weighted by Crippen LogP contribution is 2.56. The van der Waals surface area contributed by atoms with Gasteiger partial charge in [0.05, 0.1) is 5.92 Å². The molecule has 0 bridgehead atoms. The van der Waals surface area contributed by atoms with Crippen LogP contribution in [-0.2, 0) is 6.54 Å². The maximum Gasteiger partial charge on any atom is 0.392 e. The summed E-state index contributed by atoms with van der Waals surface area (Å²) in [6.07, 6.45) is -4.18. The lowest BCUT2D eigenvalue weighted by Crippen LogP contribution is -2.54. The Morgan fingerprint density at radius 1 is 1.10 bits per heavy atom. The first kappa shape index (κ1) is 13.9. The van der Waals surface area contributed by atoms with E-state index in [0.29, 0.717) is 19.6 Å². The van der Waals surface area contributed by atoms with Gasteiger partial charge < -0.3 is 5.11 Å². The van der Waals surface area contributed by atoms with Crippen LogP contribution in [0.25, 0.3) is 0 Å². The van der Waals surface area contributed by atoms with E-state index in [-0.39, 0.29) is 18.4 Å². The van der Waals surface area contributed by atoms with Gasteiger partial charge in [-0.3, -0.25) is 4.90 Å². The second-order valence-electron chi connectivity index (χ2n) is 5.92. The molecule has 2 nitrogen and oxygen atoms in total. The summed E-state index contributed by atoms with van der Waals surface area (Å²) in [4.78, 5) is 2.08. The fraction of sp³-hybridized carbons (Fsp3) is 0.600. The van der Waals surface area contributed by atoms with Crippen molar-refractivity contribution in [3.8, 4) is 0 Å². The Kier molecular flexibility index (Phi) is 3.50. The molecule has 4 unspecified atom stereocenters. The fourth-order valence-corrected chi connectivity index (χ4v) is 3.92. The van der Waals surface area contributed by atoms with Crippen LogP contribution in [0.2, 0.25) is 0 Å². The van der Waals surface area contributed by atoms with Crippen molar-refractivity contribution in [2.75, 3.05) is 19.7 Å². The summed E-state index contributed by atoms with van der Waals surface area (Å²) >= 11 is 0. The third-order valence-electron chi connectivity index (χ3n) is 4.80. The van der Waals surface area contributed by atoms with Crippen LogP contribution in [0.1, 0.15) is 5.56 Å². The third-order valence-corrected chi connectivity index (χ3v) is 4.80. The Bertz CT molecular complexity index is 462. The van der Waals surface area contributed by atoms with Crippen molar-refractivity contribution in [1.82, 2.24) is 4.90 Å². The summed E-state index contributed by atoms with van der Waals surface area (Å²) in [5.74, 6) is -2.27. The lowest BCUT2D eigenvalue weighted by Gasteiger charge is -2.48. The largest absolute Gasteiger partial charge is 0.396 e. The summed E-state index contributed by atoms with van der Waals surface area (Å²) in [7, 11) is 0. The SMILES string of the molecule is OCC1C2CN(Cc3ccccc3)CC2C1C(F)(F)F. The van der Waals surface area contributed by atoms with Crippen LogP contribution in [0, 0.1) is 23.7 Å². The first-order chi connectivity index (χ1) is 9.50. The van der Waals surface area contributed by atoms with Crippen LogP contribution in [0.4, 0.5) is 13.2 Å². The molecule has 4 atom stereocenters. The van der Waals surface area contributed by atoms with Crippen molar-refractivity contribution in [3.05, 3.63) is 35.9 Å². The second kappa shape index (κ2) is 5.04. The van der Waals surface area contributed by atoms with Crippen molar-refractivity contribution < 1.29 is 18.3 Å². The number of nitrogens with zero attached hydrogens (tertiary/aromatic N) is 1. The molecule has 1 aliphatic heterocycles. The van der Waals surface area contributed by atoms with Crippen molar-refractivity contribution in [1.29, 1.82) is 0 Å². The molecule has 1 N–H and O–H groups in total. The van der Waals surface area contributed by atoms with Gasteiger partial charge in [0.15, 0.2) is 0 Å². The lowest BCUT2D eigenvalue weighted by molar-refractivity contribution is -0.251. The van der Waals surface area contributed by atoms with E-state index in [1.807, 2.05) is 30.3 Å². The molecule has 2 fully saturated rings. The minimum Gasteiger partial charge on any atom is -0.396 e. The molecule has 1 saturated carbocycles. The number of benzene rings is 1. The van der Waals surface area contributed by atoms with E-state index in [1.54, 1.807) is 0 Å². The molecule has 20 heavy (non-hydrogen) atoms. The molecule has 110 valence electrons. The summed E-state index contributed by atoms with van der Waals surface area (Å²) in [5.41, 5.74) is 1.12. The van der Waals surface area contributed by atoms with Crippen LogP contribution in [0.3, 0.4) is 0 Å². The first-order valence-corrected chi connectivity index (χ1v) is 6.94. The molecule has 1 heterocycles. The molecule has 3 rings (SSSR count). The average molecular weight is 285 g/mol. The predicted molar refractivity (Wildman–Crippen MR) is 68.8 cm³/mol. The topological polar surface area (TPSA) is 23.5 Å². The summed E-state index contributed by atoms with van der Waals surface area (Å²) in [5, 5.41) is 9.22. The van der Waals surface area contributed by atoms with Crippen LogP contribution in [-0.4, -0.2) is 35.9 Å². The van der Waals surface area contributed by atoms with Gasteiger partial charge in [0, 0.05) is 26.2 Å². The van der Waals surface area contributed by atoms with E-state index >= 15 is 0 Å². The molecule has 1 aromatic rings. The van der Waals surface area contributed by atoms with Crippen LogP contribution in [0.15, 0.2) is 30.3 Å². The maximum absolute atomic E-state index is 13.0. The van der Waals surface area contributed by atoms with Gasteiger partial charge in [-0.15, -0.1) is 0 Å². The monoisotopic (exact) mass is 285 g/mol. The zero-order chi connectivity index (χ0) is 14.3. The van der Waals surface area contributed by atoms with Crippen molar-refractivity contribution in [2.24, 2.45) is 23.7 Å². The average Bonchev–Trinajstić information content (AvgIpc) is 2.69. The first-order valence-electron chi connectivity index (χ1n) is 6.94. The van der Waals surface area contributed by atoms with Gasteiger partial charge in [-0.2, -0.15) is 13.2 Å². The molecular weight excluding hydrogens is 267 g/mol. The molecule has 5 heteroatoms. The number of hydrogen-bond acceptors (Lipinski definition) is 2. The van der Waals surface area contributed by atoms with Crippen molar-refractivity contribution in [3.63, 3.8) is 0 Å². The molecule has 0 amide bonds. The van der Waals surface area contributed by atoms with E-state index in [9.17, 15) is 18.3 Å². The lowest BCUT2D eigenvalue weighted by atomic mass is 9.58. The number of aliphatic hydroxyl groups is 1. The van der Waals surface area contributed by atoms with E-state index in [1.165, 1.54) is 0 Å². The van der Waals surface area contributed by atoms with E-state index in [2.05, 4.69) is 4.90 Å². The normalized spacial score (nSPS) is 33.8. The van der Waals surface area contributed by atoms with Gasteiger partial charge in [0.25, 0.3) is 0 Å². The molecule has 0 radical (unpaired) electrons. The van der Waals surface area contributed by atoms with Crippen LogP contribution >= 0.6 is 0 Å². The predicted octanol–water partition coefficient (Wildman–Crippen LogP) is 2.54. The van der Waals surface area contributed by atoms with Gasteiger partial charge in [0.1, 0.15) is 0 Å². The number of hydrogen-bond donors (Lipinski definition) is 1. The van der Waals surface area contributed by atoms with Gasteiger partial charge >= 0.3 is 6.18 Å². The fourth-order valence-electron chi connectivity index (χ4n) is 3.92. The Morgan fingerprint density at radius 3 is 2.35 bits per heavy atom. The number of fused-ring (bicyclic) bond motifs is 1. The zero-order valence-electron chi connectivity index (χ0n) is 11.1. The van der Waals surface area contributed by atoms with E-state index < -0.39 is 18.0 Å². The van der Waals surface area contributed by atoms with E-state index in [0.717, 1.165) is 5.56 Å². The molecule has 1 aliphatic carbocycles. The minimum atomic E-state index is -4.18. The van der Waals surface area contributed by atoms with Gasteiger partial charge in [-0.1, -0.05) is 30.3 Å². The molecular formula is C15H18F3NO. The minimum absolute atomic E-state index is 0.00432. The third kappa shape index (κ3) is 2.33. The van der Waals surface area contributed by atoms with Gasteiger partial charge in [0.2, 0.25) is 0 Å². The number of rotatable bonds is 3. The highest BCUT2D eigenvalue weighted by atomic mass is 19.4. The number of halogens is 3. The Balaban J connectivity index is 1.67. The summed E-state index contributed by atoms with van der Waals surface area (Å²) < 4.78 is 39.0. The molecule has 2 aliphatic rings. The quantitative estimate of drug-likeness (QED) is 0.922. The highest BCUT2D eigenvalue weighted by molar-refractivity contribution is 5.15. The second-order valence-corrected chi connectivity index (χ2v) is 5.92. The number of likely N-dealkylation sites (tertiary alicyclic amines) is 1. The Labute approximate surface area is 116 Å². The smallest absolute Gasteiger partial charge is 0.392 e. The Morgan fingerprint density at radius 2 is 1.75 bits per heavy atom. The molecule has 0 aromatic heterocycles. The Hall–Kier alpha value is -1.07. The molecule has 1 aromatic carbocycles. The van der Waals surface area contributed by atoms with E-state index in [4.69, 9.17) is 0 Å². The summed E-state index contributed by atoms with van der Waals surface area (Å²) in [6, 6.07) is 9.79. The molecule has 0 spiro atoms. The number of alkyl halides is 3. The molecule has 1 saturated heterocycles. The van der Waals surface area contributed by atoms with Gasteiger partial charge in [-0.25, -0.2) is 0 Å². The van der Waals surface area contributed by atoms with Gasteiger partial charge in [-0.05, 0) is 23.3 Å². The summed E-state index contributed by atoms with van der Waals surface area (Å²) in [6.45, 7) is 1.48. The standard InChI is InChI=1S/C15H18F3NO/c16-15(17,18)14-12-8-19(7-11(12)13(14)9-20)6-10-4-2-1-3-5-10/h1-5,11-14,20H,6-9H2. The zero-order valence-corrected chi connectivity index (χ0v) is 11.1. The van der Waals surface area contributed by atoms with Crippen LogP contribution < -0.4 is 0 Å². The van der Waals surface area contributed by atoms with Crippen molar-refractivity contribution >= 4 is 0 Å². The maximum atomic E-state index is 13.0. The van der Waals surface area contributed by atoms with Crippen LogP contribution in [0.5, 0.6) is 0 Å². The van der Waals surface area contributed by atoms with Crippen molar-refractivity contribution in [2.45, 2.75) is 12.7 Å². The number of aliphatic hydroxyl groups excluding tert-OH is 1.